The molecule has 20 heavy (non-hydrogen) atoms. The van der Waals surface area contributed by atoms with Gasteiger partial charge in [-0.15, -0.1) is 0 Å². The smallest absolute Gasteiger partial charge is 0.211 e. The van der Waals surface area contributed by atoms with Crippen molar-refractivity contribution >= 4 is 23.5 Å². The van der Waals surface area contributed by atoms with Crippen LogP contribution in [0, 0.1) is 13.8 Å². The maximum absolute atomic E-state index is 10.3. The van der Waals surface area contributed by atoms with Gasteiger partial charge in [-0.3, -0.25) is 0 Å². The molecule has 2 aromatic rings. The first-order valence-electron chi connectivity index (χ1n) is 6.03. The molecule has 0 aliphatic heterocycles. The van der Waals surface area contributed by atoms with E-state index in [4.69, 9.17) is 0 Å². The molecule has 2 rings (SSSR count). The second-order valence-electron chi connectivity index (χ2n) is 4.40. The van der Waals surface area contributed by atoms with Crippen LogP contribution in [0.5, 0.6) is 0 Å². The van der Waals surface area contributed by atoms with Crippen molar-refractivity contribution in [3.63, 3.8) is 0 Å². The maximum atomic E-state index is 10.3. The minimum absolute atomic E-state index is 0.584. The first-order chi connectivity index (χ1) is 9.65. The number of aryl methyl sites for hydroxylation is 2. The van der Waals surface area contributed by atoms with Crippen molar-refractivity contribution in [3.8, 4) is 11.1 Å². The summed E-state index contributed by atoms with van der Waals surface area (Å²) in [7, 11) is 0. The van der Waals surface area contributed by atoms with Crippen molar-refractivity contribution in [2.45, 2.75) is 13.8 Å². The summed E-state index contributed by atoms with van der Waals surface area (Å²) >= 11 is 0. The van der Waals surface area contributed by atoms with E-state index in [1.165, 1.54) is 12.2 Å². The number of carbonyl (C=O) groups excluding carboxylic acids is 2. The average molecular weight is 264 g/mol. The highest BCUT2D eigenvalue weighted by atomic mass is 16.1. The fraction of sp³-hybridized carbons (Fsp3) is 0.125. The summed E-state index contributed by atoms with van der Waals surface area (Å²) < 4.78 is 0. The average Bonchev–Trinajstić information content (AvgIpc) is 2.41. The summed E-state index contributed by atoms with van der Waals surface area (Å²) in [4.78, 5) is 27.7. The predicted molar refractivity (Wildman–Crippen MR) is 76.9 cm³/mol. The SMILES string of the molecule is Cc1cc(N=C=O)ccc1-c1ccc(N=C=O)cc1C. The Balaban J connectivity index is 2.51. The van der Waals surface area contributed by atoms with E-state index in [0.717, 1.165) is 22.3 Å². The van der Waals surface area contributed by atoms with Crippen LogP contribution in [-0.2, 0) is 9.59 Å². The van der Waals surface area contributed by atoms with Crippen LogP contribution in [0.1, 0.15) is 11.1 Å². The second kappa shape index (κ2) is 5.89. The summed E-state index contributed by atoms with van der Waals surface area (Å²) in [6, 6.07) is 11.0. The van der Waals surface area contributed by atoms with Gasteiger partial charge in [0.05, 0.1) is 11.4 Å². The Bertz CT molecular complexity index is 688. The molecule has 2 aromatic carbocycles. The number of nitrogens with zero attached hydrogens (tertiary/aromatic N) is 2. The van der Waals surface area contributed by atoms with Crippen molar-refractivity contribution < 1.29 is 9.59 Å². The fourth-order valence-electron chi connectivity index (χ4n) is 2.14. The topological polar surface area (TPSA) is 58.9 Å². The highest BCUT2D eigenvalue weighted by Crippen LogP contribution is 2.31. The van der Waals surface area contributed by atoms with E-state index in [-0.39, 0.29) is 0 Å². The molecule has 0 atom stereocenters. The van der Waals surface area contributed by atoms with Crippen LogP contribution in [-0.4, -0.2) is 12.2 Å². The Kier molecular flexibility index (Phi) is 4.02. The van der Waals surface area contributed by atoms with Crippen LogP contribution in [0.4, 0.5) is 11.4 Å². The van der Waals surface area contributed by atoms with Gasteiger partial charge >= 0.3 is 0 Å². The van der Waals surface area contributed by atoms with E-state index in [2.05, 4.69) is 9.98 Å². The summed E-state index contributed by atoms with van der Waals surface area (Å²) in [6.45, 7) is 3.91. The summed E-state index contributed by atoms with van der Waals surface area (Å²) in [6.07, 6.45) is 3.06. The normalized spacial score (nSPS) is 9.50. The predicted octanol–water partition coefficient (Wildman–Crippen LogP) is 3.91. The monoisotopic (exact) mass is 264 g/mol. The van der Waals surface area contributed by atoms with E-state index in [1.807, 2.05) is 38.1 Å². The zero-order valence-corrected chi connectivity index (χ0v) is 11.2. The van der Waals surface area contributed by atoms with Crippen LogP contribution < -0.4 is 0 Å². The standard InChI is InChI=1S/C16H12N2O2/c1-11-7-13(17-9-19)3-5-15(11)16-6-4-14(18-10-20)8-12(16)2/h3-8H,1-2H3. The zero-order chi connectivity index (χ0) is 14.5. The van der Waals surface area contributed by atoms with E-state index < -0.39 is 0 Å². The number of aliphatic imine (C=N–C) groups is 2. The molecule has 0 aliphatic rings. The van der Waals surface area contributed by atoms with Crippen molar-refractivity contribution in [1.82, 2.24) is 0 Å². The second-order valence-corrected chi connectivity index (χ2v) is 4.40. The summed E-state index contributed by atoms with van der Waals surface area (Å²) in [5, 5.41) is 0. The number of isocyanates is 2. The van der Waals surface area contributed by atoms with Gasteiger partial charge in [0.25, 0.3) is 0 Å². The van der Waals surface area contributed by atoms with Gasteiger partial charge in [-0.25, -0.2) is 9.59 Å². The lowest BCUT2D eigenvalue weighted by Crippen LogP contribution is -1.86. The van der Waals surface area contributed by atoms with Crippen LogP contribution in [0.2, 0.25) is 0 Å². The third-order valence-electron chi connectivity index (χ3n) is 3.06. The minimum atomic E-state index is 0.584. The largest absolute Gasteiger partial charge is 0.240 e. The number of rotatable bonds is 3. The lowest BCUT2D eigenvalue weighted by molar-refractivity contribution is 0.564. The molecule has 0 fully saturated rings. The molecule has 0 bridgehead atoms. The molecule has 0 aliphatic carbocycles. The zero-order valence-electron chi connectivity index (χ0n) is 11.2. The maximum Gasteiger partial charge on any atom is 0.240 e. The third kappa shape index (κ3) is 2.78. The first-order valence-corrected chi connectivity index (χ1v) is 6.03. The number of benzene rings is 2. The first kappa shape index (κ1) is 13.6. The molecular formula is C16H12N2O2. The van der Waals surface area contributed by atoms with E-state index in [9.17, 15) is 9.59 Å². The summed E-state index contributed by atoms with van der Waals surface area (Å²) in [5.74, 6) is 0. The number of hydrogen-bond donors (Lipinski definition) is 0. The Hall–Kier alpha value is -2.80. The van der Waals surface area contributed by atoms with Gasteiger partial charge in [0.1, 0.15) is 0 Å². The molecule has 0 unspecified atom stereocenters. The Labute approximate surface area is 116 Å². The van der Waals surface area contributed by atoms with Gasteiger partial charge in [0.15, 0.2) is 0 Å². The molecule has 0 spiro atoms. The molecule has 98 valence electrons. The van der Waals surface area contributed by atoms with Gasteiger partial charge in [-0.2, -0.15) is 9.98 Å². The number of hydrogen-bond acceptors (Lipinski definition) is 4. The van der Waals surface area contributed by atoms with E-state index in [1.54, 1.807) is 12.1 Å². The van der Waals surface area contributed by atoms with Crippen molar-refractivity contribution in [1.29, 1.82) is 0 Å². The van der Waals surface area contributed by atoms with E-state index in [0.29, 0.717) is 11.4 Å². The minimum Gasteiger partial charge on any atom is -0.211 e. The summed E-state index contributed by atoms with van der Waals surface area (Å²) in [5.41, 5.74) is 5.29. The molecule has 0 radical (unpaired) electrons. The van der Waals surface area contributed by atoms with Crippen LogP contribution >= 0.6 is 0 Å². The molecule has 0 N–H and O–H groups in total. The molecule has 0 amide bonds. The van der Waals surface area contributed by atoms with Crippen molar-refractivity contribution in [2.75, 3.05) is 0 Å². The van der Waals surface area contributed by atoms with Crippen LogP contribution in [0.25, 0.3) is 11.1 Å². The molecule has 0 saturated heterocycles. The highest BCUT2D eigenvalue weighted by Gasteiger charge is 2.06. The van der Waals surface area contributed by atoms with Gasteiger partial charge in [-0.05, 0) is 60.4 Å². The van der Waals surface area contributed by atoms with Gasteiger partial charge in [0.2, 0.25) is 12.2 Å². The molecular weight excluding hydrogens is 252 g/mol. The van der Waals surface area contributed by atoms with Gasteiger partial charge in [-0.1, -0.05) is 12.1 Å². The quantitative estimate of drug-likeness (QED) is 0.623. The molecule has 4 nitrogen and oxygen atoms in total. The van der Waals surface area contributed by atoms with Gasteiger partial charge < -0.3 is 0 Å². The fourth-order valence-corrected chi connectivity index (χ4v) is 2.14. The Morgan fingerprint density at radius 2 is 1.15 bits per heavy atom. The molecule has 0 heterocycles. The lowest BCUT2D eigenvalue weighted by Gasteiger charge is -2.10. The Morgan fingerprint density at radius 1 is 0.750 bits per heavy atom. The van der Waals surface area contributed by atoms with Crippen molar-refractivity contribution in [3.05, 3.63) is 47.5 Å². The Morgan fingerprint density at radius 3 is 1.45 bits per heavy atom. The van der Waals surface area contributed by atoms with Crippen LogP contribution in [0.3, 0.4) is 0 Å². The van der Waals surface area contributed by atoms with Crippen LogP contribution in [0.15, 0.2) is 46.4 Å². The molecule has 0 saturated carbocycles. The highest BCUT2D eigenvalue weighted by molar-refractivity contribution is 5.74. The molecule has 4 heteroatoms. The van der Waals surface area contributed by atoms with Gasteiger partial charge in [0, 0.05) is 0 Å². The van der Waals surface area contributed by atoms with E-state index >= 15 is 0 Å². The molecule has 0 aromatic heterocycles. The third-order valence-corrected chi connectivity index (χ3v) is 3.06. The van der Waals surface area contributed by atoms with Crippen molar-refractivity contribution in [2.24, 2.45) is 9.98 Å². The lowest BCUT2D eigenvalue weighted by atomic mass is 9.96.